The first-order valence-corrected chi connectivity index (χ1v) is 5.12. The third kappa shape index (κ3) is 4.04. The third-order valence-corrected chi connectivity index (χ3v) is 2.56. The lowest BCUT2D eigenvalue weighted by Gasteiger charge is -2.34. The van der Waals surface area contributed by atoms with Crippen molar-refractivity contribution in [3.8, 4) is 0 Å². The molecule has 0 atom stereocenters. The summed E-state index contributed by atoms with van der Waals surface area (Å²) in [6.45, 7) is 7.45. The summed E-state index contributed by atoms with van der Waals surface area (Å²) in [6.07, 6.45) is 1.10. The van der Waals surface area contributed by atoms with E-state index >= 15 is 0 Å². The third-order valence-electron chi connectivity index (χ3n) is 2.56. The molecule has 1 saturated heterocycles. The van der Waals surface area contributed by atoms with Gasteiger partial charge in [0.05, 0.1) is 6.61 Å². The summed E-state index contributed by atoms with van der Waals surface area (Å²) < 4.78 is 0. The molecule has 1 fully saturated rings. The van der Waals surface area contributed by atoms with Gasteiger partial charge in [-0.2, -0.15) is 0 Å². The topological polar surface area (TPSA) is 52.7 Å². The van der Waals surface area contributed by atoms with Crippen molar-refractivity contribution in [3.05, 3.63) is 0 Å². The van der Waals surface area contributed by atoms with E-state index in [0.717, 1.165) is 52.2 Å². The second-order valence-corrected chi connectivity index (χ2v) is 3.55. The minimum absolute atomic E-state index is 0.281. The van der Waals surface area contributed by atoms with Crippen LogP contribution in [0.3, 0.4) is 0 Å². The minimum Gasteiger partial charge on any atom is -0.395 e. The number of β-amino-alcohol motifs (C(OH)–C–C–N with tert-alkyl or cyclic N) is 1. The zero-order chi connectivity index (χ0) is 9.52. The maximum atomic E-state index is 8.75. The summed E-state index contributed by atoms with van der Waals surface area (Å²) in [6, 6.07) is 0. The number of nitrogens with zero attached hydrogens (tertiary/aromatic N) is 2. The van der Waals surface area contributed by atoms with Gasteiger partial charge in [0.25, 0.3) is 0 Å². The van der Waals surface area contributed by atoms with Gasteiger partial charge in [-0.05, 0) is 19.5 Å². The van der Waals surface area contributed by atoms with Gasteiger partial charge in [0.15, 0.2) is 0 Å². The summed E-state index contributed by atoms with van der Waals surface area (Å²) in [5.74, 6) is 0. The van der Waals surface area contributed by atoms with Crippen molar-refractivity contribution >= 4 is 0 Å². The highest BCUT2D eigenvalue weighted by Crippen LogP contribution is 2.01. The first-order chi connectivity index (χ1) is 6.36. The number of hydrogen-bond acceptors (Lipinski definition) is 4. The first-order valence-electron chi connectivity index (χ1n) is 5.12. The van der Waals surface area contributed by atoms with Crippen LogP contribution in [0.4, 0.5) is 0 Å². The number of piperazine rings is 1. The molecule has 1 aliphatic heterocycles. The molecule has 0 aromatic rings. The first kappa shape index (κ1) is 10.9. The molecule has 0 aromatic carbocycles. The number of aliphatic hydroxyl groups excluding tert-OH is 1. The Bertz CT molecular complexity index is 124. The number of hydrogen-bond donors (Lipinski definition) is 2. The van der Waals surface area contributed by atoms with Crippen molar-refractivity contribution in [1.82, 2.24) is 9.80 Å². The molecule has 1 aliphatic rings. The second-order valence-electron chi connectivity index (χ2n) is 3.55. The Morgan fingerprint density at radius 2 is 1.54 bits per heavy atom. The molecular weight excluding hydrogens is 166 g/mol. The Labute approximate surface area is 80.3 Å². The van der Waals surface area contributed by atoms with E-state index in [4.69, 9.17) is 10.8 Å². The standard InChI is InChI=1S/C9H21N3O/c10-2-1-3-11-4-6-12(7-5-11)8-9-13/h13H,1-10H2. The van der Waals surface area contributed by atoms with Crippen LogP contribution in [-0.4, -0.2) is 67.3 Å². The molecule has 4 heteroatoms. The van der Waals surface area contributed by atoms with Crippen molar-refractivity contribution in [2.24, 2.45) is 5.73 Å². The van der Waals surface area contributed by atoms with Crippen LogP contribution in [0.5, 0.6) is 0 Å². The molecule has 78 valence electrons. The van der Waals surface area contributed by atoms with Crippen molar-refractivity contribution in [3.63, 3.8) is 0 Å². The van der Waals surface area contributed by atoms with E-state index in [1.165, 1.54) is 0 Å². The van der Waals surface area contributed by atoms with Crippen molar-refractivity contribution in [1.29, 1.82) is 0 Å². The SMILES string of the molecule is NCCCN1CCN(CCO)CC1. The number of aliphatic hydroxyl groups is 1. The van der Waals surface area contributed by atoms with E-state index in [-0.39, 0.29) is 6.61 Å². The van der Waals surface area contributed by atoms with E-state index in [1.807, 2.05) is 0 Å². The fraction of sp³-hybridized carbons (Fsp3) is 1.00. The van der Waals surface area contributed by atoms with Crippen molar-refractivity contribution < 1.29 is 5.11 Å². The van der Waals surface area contributed by atoms with Gasteiger partial charge < -0.3 is 15.7 Å². The van der Waals surface area contributed by atoms with Gasteiger partial charge >= 0.3 is 0 Å². The van der Waals surface area contributed by atoms with Crippen LogP contribution in [0.25, 0.3) is 0 Å². The predicted octanol–water partition coefficient (Wildman–Crippen LogP) is -1.05. The highest BCUT2D eigenvalue weighted by molar-refractivity contribution is 4.71. The summed E-state index contributed by atoms with van der Waals surface area (Å²) in [5, 5.41) is 8.75. The Balaban J connectivity index is 2.08. The van der Waals surface area contributed by atoms with Gasteiger partial charge in [-0.3, -0.25) is 4.90 Å². The zero-order valence-electron chi connectivity index (χ0n) is 8.28. The molecule has 0 aromatic heterocycles. The maximum Gasteiger partial charge on any atom is 0.0558 e. The van der Waals surface area contributed by atoms with Gasteiger partial charge in [-0.1, -0.05) is 0 Å². The molecule has 0 unspecified atom stereocenters. The Morgan fingerprint density at radius 1 is 1.00 bits per heavy atom. The van der Waals surface area contributed by atoms with Crippen molar-refractivity contribution in [2.45, 2.75) is 6.42 Å². The summed E-state index contributed by atoms with van der Waals surface area (Å²) in [7, 11) is 0. The molecule has 3 N–H and O–H groups in total. The maximum absolute atomic E-state index is 8.75. The fourth-order valence-electron chi connectivity index (χ4n) is 1.69. The Hall–Kier alpha value is -0.160. The van der Waals surface area contributed by atoms with Crippen LogP contribution in [-0.2, 0) is 0 Å². The molecule has 13 heavy (non-hydrogen) atoms. The second kappa shape index (κ2) is 6.32. The van der Waals surface area contributed by atoms with Gasteiger partial charge in [0, 0.05) is 32.7 Å². The van der Waals surface area contributed by atoms with Crippen LogP contribution in [0, 0.1) is 0 Å². The van der Waals surface area contributed by atoms with Crippen LogP contribution in [0.15, 0.2) is 0 Å². The molecule has 0 saturated carbocycles. The van der Waals surface area contributed by atoms with Gasteiger partial charge in [-0.15, -0.1) is 0 Å². The normalized spacial score (nSPS) is 20.8. The molecule has 1 heterocycles. The molecule has 4 nitrogen and oxygen atoms in total. The molecule has 0 aliphatic carbocycles. The van der Waals surface area contributed by atoms with Gasteiger partial charge in [0.2, 0.25) is 0 Å². The molecular formula is C9H21N3O. The monoisotopic (exact) mass is 187 g/mol. The van der Waals surface area contributed by atoms with E-state index in [2.05, 4.69) is 9.80 Å². The Kier molecular flexibility index (Phi) is 5.31. The van der Waals surface area contributed by atoms with E-state index in [0.29, 0.717) is 0 Å². The minimum atomic E-state index is 0.281. The van der Waals surface area contributed by atoms with Crippen LogP contribution >= 0.6 is 0 Å². The van der Waals surface area contributed by atoms with Gasteiger partial charge in [-0.25, -0.2) is 0 Å². The lowest BCUT2D eigenvalue weighted by atomic mass is 10.3. The average Bonchev–Trinajstić information content (AvgIpc) is 2.17. The fourth-order valence-corrected chi connectivity index (χ4v) is 1.69. The zero-order valence-corrected chi connectivity index (χ0v) is 8.28. The Morgan fingerprint density at radius 3 is 2.00 bits per heavy atom. The van der Waals surface area contributed by atoms with E-state index in [9.17, 15) is 0 Å². The van der Waals surface area contributed by atoms with Crippen LogP contribution < -0.4 is 5.73 Å². The molecule has 0 amide bonds. The summed E-state index contributed by atoms with van der Waals surface area (Å²) in [4.78, 5) is 4.75. The predicted molar refractivity (Wildman–Crippen MR) is 53.6 cm³/mol. The molecule has 0 spiro atoms. The smallest absolute Gasteiger partial charge is 0.0558 e. The summed E-state index contributed by atoms with van der Waals surface area (Å²) >= 11 is 0. The highest BCUT2D eigenvalue weighted by Gasteiger charge is 2.14. The van der Waals surface area contributed by atoms with Crippen LogP contribution in [0.2, 0.25) is 0 Å². The number of nitrogens with two attached hydrogens (primary N) is 1. The summed E-state index contributed by atoms with van der Waals surface area (Å²) in [5.41, 5.74) is 5.45. The largest absolute Gasteiger partial charge is 0.395 e. The van der Waals surface area contributed by atoms with Crippen LogP contribution in [0.1, 0.15) is 6.42 Å². The quantitative estimate of drug-likeness (QED) is 0.576. The molecule has 0 bridgehead atoms. The van der Waals surface area contributed by atoms with E-state index < -0.39 is 0 Å². The molecule has 0 radical (unpaired) electrons. The highest BCUT2D eigenvalue weighted by atomic mass is 16.3. The average molecular weight is 187 g/mol. The molecule has 1 rings (SSSR count). The van der Waals surface area contributed by atoms with Gasteiger partial charge in [0.1, 0.15) is 0 Å². The lowest BCUT2D eigenvalue weighted by molar-refractivity contribution is 0.112. The number of rotatable bonds is 5. The van der Waals surface area contributed by atoms with Crippen molar-refractivity contribution in [2.75, 3.05) is 52.4 Å². The lowest BCUT2D eigenvalue weighted by Crippen LogP contribution is -2.47. The van der Waals surface area contributed by atoms with E-state index in [1.54, 1.807) is 0 Å².